The van der Waals surface area contributed by atoms with Crippen LogP contribution < -0.4 is 0 Å². The molecule has 0 fully saturated rings. The van der Waals surface area contributed by atoms with E-state index in [9.17, 15) is 0 Å². The average molecular weight is 291 g/mol. The molecule has 2 heteroatoms. The Morgan fingerprint density at radius 2 is 0.550 bits per heavy atom. The molecule has 0 aliphatic rings. The second-order valence-electron chi connectivity index (χ2n) is 6.00. The number of rotatable bonds is 0. The first-order chi connectivity index (χ1) is 9.21. The summed E-state index contributed by atoms with van der Waals surface area (Å²) in [7, 11) is -2.67. The lowest BCUT2D eigenvalue weighted by molar-refractivity contribution is 1.81. The number of hydrogen-bond acceptors (Lipinski definition) is 0. The van der Waals surface area contributed by atoms with Crippen molar-refractivity contribution in [2.24, 2.45) is 0 Å². The Labute approximate surface area is 126 Å². The summed E-state index contributed by atoms with van der Waals surface area (Å²) in [6.07, 6.45) is 0. The van der Waals surface area contributed by atoms with E-state index >= 15 is 0 Å². The molecule has 0 aliphatic heterocycles. The first-order valence-corrected chi connectivity index (χ1v) is 13.2. The van der Waals surface area contributed by atoms with Crippen molar-refractivity contribution in [3.63, 3.8) is 0 Å². The molecule has 0 unspecified atom stereocenters. The molecule has 0 aromatic carbocycles. The molecule has 20 heavy (non-hydrogen) atoms. The lowest BCUT2D eigenvalue weighted by Crippen LogP contribution is -2.16. The van der Waals surface area contributed by atoms with Crippen molar-refractivity contribution >= 4 is 16.1 Å². The fourth-order valence-corrected chi connectivity index (χ4v) is 1.56. The van der Waals surface area contributed by atoms with E-state index < -0.39 is 16.1 Å². The van der Waals surface area contributed by atoms with E-state index in [1.54, 1.807) is 0 Å². The van der Waals surface area contributed by atoms with Crippen LogP contribution in [0.25, 0.3) is 0 Å². The van der Waals surface area contributed by atoms with E-state index in [4.69, 9.17) is 0 Å². The third-order valence-electron chi connectivity index (χ3n) is 1.44. The second kappa shape index (κ2) is 8.82. The third-order valence-corrected chi connectivity index (χ3v) is 3.19. The zero-order valence-electron chi connectivity index (χ0n) is 13.0. The zero-order chi connectivity index (χ0) is 15.5. The molecule has 0 saturated heterocycles. The molecule has 0 bridgehead atoms. The van der Waals surface area contributed by atoms with E-state index in [0.717, 1.165) is 0 Å². The summed E-state index contributed by atoms with van der Waals surface area (Å²) in [5.41, 5.74) is 6.27. The van der Waals surface area contributed by atoms with Crippen molar-refractivity contribution < 1.29 is 0 Å². The van der Waals surface area contributed by atoms with Gasteiger partial charge in [-0.25, -0.2) is 0 Å². The molecule has 0 radical (unpaired) electrons. The smallest absolute Gasteiger partial charge is 0.118 e. The van der Waals surface area contributed by atoms with Gasteiger partial charge in [0.05, 0.1) is 0 Å². The van der Waals surface area contributed by atoms with Crippen LogP contribution in [0.2, 0.25) is 39.3 Å². The van der Waals surface area contributed by atoms with Crippen LogP contribution in [-0.2, 0) is 0 Å². The van der Waals surface area contributed by atoms with Gasteiger partial charge in [-0.15, -0.1) is 11.1 Å². The molecule has 0 aromatic heterocycles. The van der Waals surface area contributed by atoms with Crippen molar-refractivity contribution in [3.05, 3.63) is 0 Å². The lowest BCUT2D eigenvalue weighted by Gasteiger charge is -2.01. The van der Waals surface area contributed by atoms with Crippen molar-refractivity contribution in [2.75, 3.05) is 0 Å². The molecule has 0 aliphatic carbocycles. The van der Waals surface area contributed by atoms with Gasteiger partial charge in [-0.2, -0.15) is 0 Å². The van der Waals surface area contributed by atoms with Gasteiger partial charge in [-0.1, -0.05) is 39.3 Å². The molecule has 0 nitrogen and oxygen atoms in total. The summed E-state index contributed by atoms with van der Waals surface area (Å²) in [6.45, 7) is 13.0. The standard InChI is InChI=1S/C18H18Si2/c1-19(2,3)17-15-13-11-9-7-8-10-12-14-16-18-20(4,5)6/h1-6H3. The quantitative estimate of drug-likeness (QED) is 0.475. The Balaban J connectivity index is 4.42. The minimum Gasteiger partial charge on any atom is -0.118 e. The van der Waals surface area contributed by atoms with Crippen LogP contribution in [0.15, 0.2) is 0 Å². The molecule has 0 heterocycles. The van der Waals surface area contributed by atoms with Gasteiger partial charge in [0.1, 0.15) is 16.1 Å². The molecule has 0 rings (SSSR count). The van der Waals surface area contributed by atoms with Crippen LogP contribution in [0.1, 0.15) is 0 Å². The predicted octanol–water partition coefficient (Wildman–Crippen LogP) is 2.76. The topological polar surface area (TPSA) is 0 Å². The highest BCUT2D eigenvalue weighted by atomic mass is 28.3. The highest BCUT2D eigenvalue weighted by Crippen LogP contribution is 1.95. The fraction of sp³-hybridized carbons (Fsp3) is 0.333. The molecular weight excluding hydrogens is 272 g/mol. The monoisotopic (exact) mass is 290 g/mol. The minimum atomic E-state index is -1.33. The molecule has 0 aromatic rings. The molecule has 0 N–H and O–H groups in total. The van der Waals surface area contributed by atoms with Gasteiger partial charge in [0.15, 0.2) is 0 Å². The number of hydrogen-bond donors (Lipinski definition) is 0. The minimum absolute atomic E-state index is 1.33. The summed E-state index contributed by atoms with van der Waals surface area (Å²) in [5, 5.41) is 0. The normalized spacial score (nSPS) is 8.10. The third kappa shape index (κ3) is 15.8. The Morgan fingerprint density at radius 1 is 0.350 bits per heavy atom. The molecular formula is C18H18Si2. The fourth-order valence-electron chi connectivity index (χ4n) is 0.688. The van der Waals surface area contributed by atoms with Gasteiger partial charge in [-0.05, 0) is 59.2 Å². The molecule has 0 amide bonds. The first kappa shape index (κ1) is 17.8. The lowest BCUT2D eigenvalue weighted by atomic mass is 10.5. The van der Waals surface area contributed by atoms with Crippen LogP contribution in [0.3, 0.4) is 0 Å². The van der Waals surface area contributed by atoms with Crippen LogP contribution in [0.4, 0.5) is 0 Å². The molecule has 98 valence electrons. The summed E-state index contributed by atoms with van der Waals surface area (Å²) in [5.74, 6) is 26.8. The second-order valence-corrected chi connectivity index (χ2v) is 15.5. The van der Waals surface area contributed by atoms with E-state index in [-0.39, 0.29) is 0 Å². The van der Waals surface area contributed by atoms with E-state index in [1.807, 2.05) is 0 Å². The van der Waals surface area contributed by atoms with Crippen LogP contribution >= 0.6 is 0 Å². The van der Waals surface area contributed by atoms with Gasteiger partial charge in [0.2, 0.25) is 0 Å². The van der Waals surface area contributed by atoms with Crippen LogP contribution in [-0.4, -0.2) is 16.1 Å². The average Bonchev–Trinajstić information content (AvgIpc) is 2.27. The van der Waals surface area contributed by atoms with E-state index in [0.29, 0.717) is 0 Å². The van der Waals surface area contributed by atoms with E-state index in [1.165, 1.54) is 0 Å². The summed E-state index contributed by atoms with van der Waals surface area (Å²) in [4.78, 5) is 0. The van der Waals surface area contributed by atoms with Gasteiger partial charge in [0, 0.05) is 0 Å². The maximum atomic E-state index is 3.14. The van der Waals surface area contributed by atoms with Gasteiger partial charge >= 0.3 is 0 Å². The van der Waals surface area contributed by atoms with Crippen molar-refractivity contribution in [3.8, 4) is 70.3 Å². The molecule has 0 atom stereocenters. The summed E-state index contributed by atoms with van der Waals surface area (Å²) >= 11 is 0. The zero-order valence-corrected chi connectivity index (χ0v) is 15.0. The SMILES string of the molecule is C[Si](C)(C)C#CC#CC#CC#CC#CC#C[Si](C)(C)C. The Kier molecular flexibility index (Phi) is 7.85. The highest BCUT2D eigenvalue weighted by molar-refractivity contribution is 6.84. The Morgan fingerprint density at radius 3 is 0.750 bits per heavy atom. The predicted molar refractivity (Wildman–Crippen MR) is 93.3 cm³/mol. The van der Waals surface area contributed by atoms with Gasteiger partial charge in [-0.3, -0.25) is 0 Å². The maximum Gasteiger partial charge on any atom is 0.130 e. The largest absolute Gasteiger partial charge is 0.130 e. The van der Waals surface area contributed by atoms with Gasteiger partial charge in [0.25, 0.3) is 0 Å². The van der Waals surface area contributed by atoms with Crippen LogP contribution in [0.5, 0.6) is 0 Å². The summed E-state index contributed by atoms with van der Waals surface area (Å²) < 4.78 is 0. The maximum absolute atomic E-state index is 3.14. The molecule has 0 saturated carbocycles. The highest BCUT2D eigenvalue weighted by Gasteiger charge is 2.07. The van der Waals surface area contributed by atoms with Crippen molar-refractivity contribution in [1.82, 2.24) is 0 Å². The van der Waals surface area contributed by atoms with Gasteiger partial charge < -0.3 is 0 Å². The van der Waals surface area contributed by atoms with E-state index in [2.05, 4.69) is 110 Å². The van der Waals surface area contributed by atoms with Crippen molar-refractivity contribution in [2.45, 2.75) is 39.3 Å². The Hall–Kier alpha value is -2.21. The summed E-state index contributed by atoms with van der Waals surface area (Å²) in [6, 6.07) is 0. The molecule has 0 spiro atoms. The van der Waals surface area contributed by atoms with Crippen LogP contribution in [0, 0.1) is 70.3 Å². The van der Waals surface area contributed by atoms with Crippen molar-refractivity contribution in [1.29, 1.82) is 0 Å². The first-order valence-electron chi connectivity index (χ1n) is 6.25. The Bertz CT molecular complexity index is 637.